The summed E-state index contributed by atoms with van der Waals surface area (Å²) >= 11 is 0. The Morgan fingerprint density at radius 2 is 1.94 bits per heavy atom. The van der Waals surface area contributed by atoms with Gasteiger partial charge in [0, 0.05) is 18.8 Å². The monoisotopic (exact) mass is 244 g/mol. The highest BCUT2D eigenvalue weighted by atomic mass is 15.1. The van der Waals surface area contributed by atoms with E-state index in [1.165, 1.54) is 0 Å². The number of hydrogen-bond donors (Lipinski definition) is 2. The lowest BCUT2D eigenvalue weighted by Crippen LogP contribution is -2.07. The number of aryl methyl sites for hydroxylation is 1. The van der Waals surface area contributed by atoms with Gasteiger partial charge in [0.25, 0.3) is 0 Å². The van der Waals surface area contributed by atoms with Crippen LogP contribution in [0.25, 0.3) is 0 Å². The Kier molecular flexibility index (Phi) is 4.01. The summed E-state index contributed by atoms with van der Waals surface area (Å²) in [5.41, 5.74) is 0.874. The molecule has 2 aromatic heterocycles. The molecule has 0 aliphatic rings. The van der Waals surface area contributed by atoms with Crippen molar-refractivity contribution in [2.75, 3.05) is 17.2 Å². The Morgan fingerprint density at radius 1 is 1.17 bits per heavy atom. The lowest BCUT2D eigenvalue weighted by molar-refractivity contribution is 0.915. The van der Waals surface area contributed by atoms with E-state index in [9.17, 15) is 0 Å². The van der Waals surface area contributed by atoms with Gasteiger partial charge in [-0.05, 0) is 26.0 Å². The van der Waals surface area contributed by atoms with E-state index in [0.29, 0.717) is 6.54 Å². The van der Waals surface area contributed by atoms with Gasteiger partial charge in [0.1, 0.15) is 17.5 Å². The molecule has 0 bridgehead atoms. The van der Waals surface area contributed by atoms with Crippen LogP contribution in [-0.2, 0) is 6.54 Å². The summed E-state index contributed by atoms with van der Waals surface area (Å²) in [5, 5.41) is 14.2. The normalized spacial score (nSPS) is 10.1. The lowest BCUT2D eigenvalue weighted by atomic mass is 10.4. The van der Waals surface area contributed by atoms with Gasteiger partial charge in [0.05, 0.1) is 12.2 Å². The first kappa shape index (κ1) is 12.2. The molecule has 0 aliphatic carbocycles. The molecular weight excluding hydrogens is 228 g/mol. The molecule has 0 spiro atoms. The van der Waals surface area contributed by atoms with Crippen LogP contribution in [0.5, 0.6) is 0 Å². The second kappa shape index (κ2) is 5.90. The molecule has 2 heterocycles. The second-order valence-corrected chi connectivity index (χ2v) is 3.78. The van der Waals surface area contributed by atoms with Crippen LogP contribution in [0.2, 0.25) is 0 Å². The van der Waals surface area contributed by atoms with Gasteiger partial charge in [-0.25, -0.2) is 9.97 Å². The van der Waals surface area contributed by atoms with Crippen molar-refractivity contribution in [3.8, 4) is 0 Å². The summed E-state index contributed by atoms with van der Waals surface area (Å²) in [5.74, 6) is 2.34. The molecule has 18 heavy (non-hydrogen) atoms. The first-order valence-electron chi connectivity index (χ1n) is 5.88. The van der Waals surface area contributed by atoms with Gasteiger partial charge in [-0.1, -0.05) is 0 Å². The summed E-state index contributed by atoms with van der Waals surface area (Å²) < 4.78 is 0. The zero-order valence-corrected chi connectivity index (χ0v) is 10.5. The SMILES string of the molecule is CCNc1cc(NCc2cccnn2)nc(C)n1. The molecule has 0 unspecified atom stereocenters. The van der Waals surface area contributed by atoms with E-state index in [2.05, 4.69) is 30.8 Å². The lowest BCUT2D eigenvalue weighted by Gasteiger charge is -2.08. The smallest absolute Gasteiger partial charge is 0.132 e. The molecule has 0 amide bonds. The average Bonchev–Trinajstić information content (AvgIpc) is 2.37. The third kappa shape index (κ3) is 3.38. The van der Waals surface area contributed by atoms with Crippen molar-refractivity contribution in [2.24, 2.45) is 0 Å². The highest BCUT2D eigenvalue weighted by Gasteiger charge is 2.01. The summed E-state index contributed by atoms with van der Waals surface area (Å²) in [4.78, 5) is 8.61. The summed E-state index contributed by atoms with van der Waals surface area (Å²) in [6.45, 7) is 5.33. The molecule has 6 heteroatoms. The van der Waals surface area contributed by atoms with E-state index < -0.39 is 0 Å². The zero-order valence-electron chi connectivity index (χ0n) is 10.5. The van der Waals surface area contributed by atoms with Gasteiger partial charge in [-0.3, -0.25) is 0 Å². The Labute approximate surface area is 106 Å². The van der Waals surface area contributed by atoms with Gasteiger partial charge in [0.15, 0.2) is 0 Å². The Hall–Kier alpha value is -2.24. The van der Waals surface area contributed by atoms with Crippen LogP contribution in [0, 0.1) is 6.92 Å². The van der Waals surface area contributed by atoms with E-state index in [4.69, 9.17) is 0 Å². The molecule has 0 fully saturated rings. The molecular formula is C12H16N6. The predicted molar refractivity (Wildman–Crippen MR) is 70.3 cm³/mol. The zero-order chi connectivity index (χ0) is 12.8. The van der Waals surface area contributed by atoms with Crippen molar-refractivity contribution in [2.45, 2.75) is 20.4 Å². The van der Waals surface area contributed by atoms with Gasteiger partial charge in [0.2, 0.25) is 0 Å². The molecule has 0 aliphatic heterocycles. The van der Waals surface area contributed by atoms with Crippen molar-refractivity contribution in [1.29, 1.82) is 0 Å². The van der Waals surface area contributed by atoms with E-state index >= 15 is 0 Å². The van der Waals surface area contributed by atoms with Crippen molar-refractivity contribution < 1.29 is 0 Å². The van der Waals surface area contributed by atoms with Crippen molar-refractivity contribution in [3.05, 3.63) is 35.9 Å². The van der Waals surface area contributed by atoms with Crippen LogP contribution >= 0.6 is 0 Å². The van der Waals surface area contributed by atoms with E-state index in [-0.39, 0.29) is 0 Å². The van der Waals surface area contributed by atoms with Gasteiger partial charge >= 0.3 is 0 Å². The quantitative estimate of drug-likeness (QED) is 0.832. The summed E-state index contributed by atoms with van der Waals surface area (Å²) in [7, 11) is 0. The maximum Gasteiger partial charge on any atom is 0.132 e. The molecule has 0 saturated heterocycles. The maximum absolute atomic E-state index is 4.32. The first-order chi connectivity index (χ1) is 8.78. The van der Waals surface area contributed by atoms with Crippen molar-refractivity contribution in [1.82, 2.24) is 20.2 Å². The number of aromatic nitrogens is 4. The molecule has 0 radical (unpaired) electrons. The molecule has 6 nitrogen and oxygen atoms in total. The van der Waals surface area contributed by atoms with E-state index in [1.54, 1.807) is 6.20 Å². The minimum atomic E-state index is 0.593. The van der Waals surface area contributed by atoms with Crippen LogP contribution in [-0.4, -0.2) is 26.7 Å². The average molecular weight is 244 g/mol. The number of anilines is 2. The fourth-order valence-corrected chi connectivity index (χ4v) is 1.54. The second-order valence-electron chi connectivity index (χ2n) is 3.78. The molecule has 0 atom stereocenters. The van der Waals surface area contributed by atoms with Crippen molar-refractivity contribution >= 4 is 11.6 Å². The number of rotatable bonds is 5. The first-order valence-corrected chi connectivity index (χ1v) is 5.88. The van der Waals surface area contributed by atoms with Crippen LogP contribution in [0.15, 0.2) is 24.4 Å². The van der Waals surface area contributed by atoms with E-state index in [0.717, 1.165) is 29.7 Å². The number of nitrogens with one attached hydrogen (secondary N) is 2. The molecule has 2 rings (SSSR count). The summed E-state index contributed by atoms with van der Waals surface area (Å²) in [6.07, 6.45) is 1.65. The molecule has 2 N–H and O–H groups in total. The standard InChI is InChI=1S/C12H16N6/c1-3-13-11-7-12(17-9(2)16-11)14-8-10-5-4-6-15-18-10/h4-7H,3,8H2,1-2H3,(H2,13,14,16,17). The predicted octanol–water partition coefficient (Wildman–Crippen LogP) is 1.62. The van der Waals surface area contributed by atoms with Crippen molar-refractivity contribution in [3.63, 3.8) is 0 Å². The highest BCUT2D eigenvalue weighted by Crippen LogP contribution is 2.11. The van der Waals surface area contributed by atoms with Gasteiger partial charge in [-0.2, -0.15) is 10.2 Å². The highest BCUT2D eigenvalue weighted by molar-refractivity contribution is 5.47. The minimum absolute atomic E-state index is 0.593. The molecule has 0 saturated carbocycles. The summed E-state index contributed by atoms with van der Waals surface area (Å²) in [6, 6.07) is 5.66. The topological polar surface area (TPSA) is 75.6 Å². The Balaban J connectivity index is 2.05. The fourth-order valence-electron chi connectivity index (χ4n) is 1.54. The number of nitrogens with zero attached hydrogens (tertiary/aromatic N) is 4. The van der Waals surface area contributed by atoms with Crippen LogP contribution in [0.3, 0.4) is 0 Å². The third-order valence-electron chi connectivity index (χ3n) is 2.27. The Morgan fingerprint density at radius 3 is 2.61 bits per heavy atom. The molecule has 0 aromatic carbocycles. The fraction of sp³-hybridized carbons (Fsp3) is 0.333. The molecule has 2 aromatic rings. The minimum Gasteiger partial charge on any atom is -0.370 e. The van der Waals surface area contributed by atoms with Crippen LogP contribution in [0.4, 0.5) is 11.6 Å². The number of hydrogen-bond acceptors (Lipinski definition) is 6. The Bertz CT molecular complexity index is 499. The van der Waals surface area contributed by atoms with Crippen LogP contribution in [0.1, 0.15) is 18.4 Å². The largest absolute Gasteiger partial charge is 0.370 e. The third-order valence-corrected chi connectivity index (χ3v) is 2.27. The van der Waals surface area contributed by atoms with Crippen LogP contribution < -0.4 is 10.6 Å². The molecule has 94 valence electrons. The maximum atomic E-state index is 4.32. The van der Waals surface area contributed by atoms with Gasteiger partial charge < -0.3 is 10.6 Å². The van der Waals surface area contributed by atoms with Gasteiger partial charge in [-0.15, -0.1) is 0 Å². The van der Waals surface area contributed by atoms with E-state index in [1.807, 2.05) is 32.0 Å².